The molecule has 0 fully saturated rings. The lowest BCUT2D eigenvalue weighted by molar-refractivity contribution is -0.139. The third-order valence-electron chi connectivity index (χ3n) is 3.05. The number of carboxylic acids is 1. The molecule has 0 saturated heterocycles. The summed E-state index contributed by atoms with van der Waals surface area (Å²) < 4.78 is 5.23. The van der Waals surface area contributed by atoms with Crippen molar-refractivity contribution in [2.75, 3.05) is 6.61 Å². The fraction of sp³-hybridized carbons (Fsp3) is 0.467. The van der Waals surface area contributed by atoms with Crippen molar-refractivity contribution in [2.45, 2.75) is 40.2 Å². The molecule has 0 aliphatic carbocycles. The predicted octanol–water partition coefficient (Wildman–Crippen LogP) is 2.30. The first-order valence-electron chi connectivity index (χ1n) is 6.61. The van der Waals surface area contributed by atoms with Gasteiger partial charge in [0.05, 0.1) is 0 Å². The lowest BCUT2D eigenvalue weighted by atomic mass is 10.0. The highest BCUT2D eigenvalue weighted by Crippen LogP contribution is 2.24. The molecule has 1 amide bonds. The van der Waals surface area contributed by atoms with Gasteiger partial charge in [0.15, 0.2) is 6.61 Å². The van der Waals surface area contributed by atoms with E-state index in [2.05, 4.69) is 5.32 Å². The van der Waals surface area contributed by atoms with Crippen molar-refractivity contribution in [3.63, 3.8) is 0 Å². The van der Waals surface area contributed by atoms with Crippen LogP contribution in [0.2, 0.25) is 0 Å². The van der Waals surface area contributed by atoms with Crippen molar-refractivity contribution in [1.29, 1.82) is 0 Å². The van der Waals surface area contributed by atoms with Gasteiger partial charge in [-0.1, -0.05) is 6.92 Å². The maximum Gasteiger partial charge on any atom is 0.341 e. The van der Waals surface area contributed by atoms with Gasteiger partial charge in [-0.25, -0.2) is 4.79 Å². The number of carbonyl (C=O) groups is 2. The van der Waals surface area contributed by atoms with Gasteiger partial charge in [-0.05, 0) is 50.5 Å². The van der Waals surface area contributed by atoms with Crippen molar-refractivity contribution in [3.8, 4) is 5.75 Å². The predicted molar refractivity (Wildman–Crippen MR) is 76.3 cm³/mol. The number of aryl methyl sites for hydroxylation is 2. The van der Waals surface area contributed by atoms with Crippen LogP contribution in [0.4, 0.5) is 0 Å². The molecule has 0 radical (unpaired) electrons. The first-order valence-corrected chi connectivity index (χ1v) is 6.61. The van der Waals surface area contributed by atoms with E-state index in [0.717, 1.165) is 17.5 Å². The average Bonchev–Trinajstić information content (AvgIpc) is 2.36. The Labute approximate surface area is 118 Å². The quantitative estimate of drug-likeness (QED) is 0.837. The van der Waals surface area contributed by atoms with Crippen LogP contribution < -0.4 is 10.1 Å². The zero-order valence-corrected chi connectivity index (χ0v) is 12.3. The van der Waals surface area contributed by atoms with Crippen LogP contribution in [-0.4, -0.2) is 29.6 Å². The molecule has 5 heteroatoms. The summed E-state index contributed by atoms with van der Waals surface area (Å²) in [5.74, 6) is -0.634. The molecule has 20 heavy (non-hydrogen) atoms. The Morgan fingerprint density at radius 2 is 1.85 bits per heavy atom. The van der Waals surface area contributed by atoms with Crippen LogP contribution in [0.1, 0.15) is 41.8 Å². The molecular weight excluding hydrogens is 258 g/mol. The molecule has 0 aliphatic heterocycles. The Hall–Kier alpha value is -2.04. The maximum atomic E-state index is 12.0. The van der Waals surface area contributed by atoms with E-state index in [1.807, 2.05) is 13.8 Å². The molecule has 1 aromatic rings. The number of carboxylic acid groups (broad SMARTS) is 1. The third-order valence-corrected chi connectivity index (χ3v) is 3.05. The van der Waals surface area contributed by atoms with Gasteiger partial charge >= 0.3 is 5.97 Å². The van der Waals surface area contributed by atoms with E-state index in [1.54, 1.807) is 26.0 Å². The molecule has 0 bridgehead atoms. The van der Waals surface area contributed by atoms with Crippen LogP contribution in [0, 0.1) is 13.8 Å². The number of nitrogens with one attached hydrogen (secondary N) is 1. The molecule has 2 N–H and O–H groups in total. The second-order valence-electron chi connectivity index (χ2n) is 4.90. The molecule has 1 atom stereocenters. The van der Waals surface area contributed by atoms with Gasteiger partial charge in [-0.2, -0.15) is 0 Å². The largest absolute Gasteiger partial charge is 0.481 e. The van der Waals surface area contributed by atoms with Gasteiger partial charge in [-0.3, -0.25) is 4.79 Å². The molecule has 0 aliphatic rings. The molecule has 1 unspecified atom stereocenters. The van der Waals surface area contributed by atoms with Gasteiger partial charge in [0.1, 0.15) is 5.75 Å². The zero-order chi connectivity index (χ0) is 15.3. The summed E-state index contributed by atoms with van der Waals surface area (Å²) in [4.78, 5) is 22.6. The minimum absolute atomic E-state index is 0.117. The van der Waals surface area contributed by atoms with Crippen LogP contribution in [0.3, 0.4) is 0 Å². The third kappa shape index (κ3) is 4.26. The summed E-state index contributed by atoms with van der Waals surface area (Å²) in [5.41, 5.74) is 2.06. The standard InChI is InChI=1S/C15H21NO4/c1-5-11(4)16-15(19)12-6-9(2)14(10(3)7-12)20-8-13(17)18/h6-7,11H,5,8H2,1-4H3,(H,16,19)(H,17,18). The smallest absolute Gasteiger partial charge is 0.341 e. The molecule has 0 saturated carbocycles. The van der Waals surface area contributed by atoms with E-state index in [1.165, 1.54) is 0 Å². The van der Waals surface area contributed by atoms with Crippen LogP contribution in [0.5, 0.6) is 5.75 Å². The molecule has 0 heterocycles. The topological polar surface area (TPSA) is 75.6 Å². The zero-order valence-electron chi connectivity index (χ0n) is 12.3. The Balaban J connectivity index is 2.92. The van der Waals surface area contributed by atoms with Gasteiger partial charge in [0.2, 0.25) is 0 Å². The SMILES string of the molecule is CCC(C)NC(=O)c1cc(C)c(OCC(=O)O)c(C)c1. The molecule has 5 nitrogen and oxygen atoms in total. The number of amides is 1. The Bertz CT molecular complexity index is 488. The van der Waals surface area contributed by atoms with E-state index in [4.69, 9.17) is 9.84 Å². The van der Waals surface area contributed by atoms with Crippen LogP contribution in [0.15, 0.2) is 12.1 Å². The maximum absolute atomic E-state index is 12.0. The fourth-order valence-electron chi connectivity index (χ4n) is 1.85. The fourth-order valence-corrected chi connectivity index (χ4v) is 1.85. The van der Waals surface area contributed by atoms with Gasteiger partial charge < -0.3 is 15.2 Å². The van der Waals surface area contributed by atoms with Crippen LogP contribution in [0.25, 0.3) is 0 Å². The number of ether oxygens (including phenoxy) is 1. The number of rotatable bonds is 6. The number of benzene rings is 1. The average molecular weight is 279 g/mol. The molecule has 0 spiro atoms. The lowest BCUT2D eigenvalue weighted by Crippen LogP contribution is -2.32. The van der Waals surface area contributed by atoms with Crippen molar-refractivity contribution in [2.24, 2.45) is 0 Å². The van der Waals surface area contributed by atoms with Gasteiger partial charge in [0, 0.05) is 11.6 Å². The van der Waals surface area contributed by atoms with Crippen molar-refractivity contribution in [1.82, 2.24) is 5.32 Å². The summed E-state index contributed by atoms with van der Waals surface area (Å²) in [5, 5.41) is 11.5. The first-order chi connectivity index (χ1) is 9.35. The Kier molecular flexibility index (Phi) is 5.55. The van der Waals surface area contributed by atoms with Crippen LogP contribution in [-0.2, 0) is 4.79 Å². The summed E-state index contributed by atoms with van der Waals surface area (Å²) in [6, 6.07) is 3.54. The first kappa shape index (κ1) is 16.0. The minimum Gasteiger partial charge on any atom is -0.481 e. The highest BCUT2D eigenvalue weighted by atomic mass is 16.5. The minimum atomic E-state index is -1.03. The molecule has 0 aromatic heterocycles. The van der Waals surface area contributed by atoms with E-state index in [0.29, 0.717) is 11.3 Å². The van der Waals surface area contributed by atoms with Gasteiger partial charge in [-0.15, -0.1) is 0 Å². The second kappa shape index (κ2) is 6.93. The summed E-state index contributed by atoms with van der Waals surface area (Å²) in [6.45, 7) is 7.15. The molecule has 110 valence electrons. The normalized spacial score (nSPS) is 11.8. The number of hydrogen-bond donors (Lipinski definition) is 2. The van der Waals surface area contributed by atoms with Crippen molar-refractivity contribution in [3.05, 3.63) is 28.8 Å². The second-order valence-corrected chi connectivity index (χ2v) is 4.90. The summed E-state index contributed by atoms with van der Waals surface area (Å²) in [7, 11) is 0. The molecule has 1 aromatic carbocycles. The highest BCUT2D eigenvalue weighted by Gasteiger charge is 2.13. The lowest BCUT2D eigenvalue weighted by Gasteiger charge is -2.15. The number of carbonyl (C=O) groups excluding carboxylic acids is 1. The van der Waals surface area contributed by atoms with Crippen molar-refractivity contribution < 1.29 is 19.4 Å². The van der Waals surface area contributed by atoms with E-state index in [-0.39, 0.29) is 18.6 Å². The molecule has 1 rings (SSSR count). The van der Waals surface area contributed by atoms with Crippen LogP contribution >= 0.6 is 0 Å². The van der Waals surface area contributed by atoms with E-state index >= 15 is 0 Å². The number of aliphatic carboxylic acids is 1. The van der Waals surface area contributed by atoms with Crippen molar-refractivity contribution >= 4 is 11.9 Å². The monoisotopic (exact) mass is 279 g/mol. The van der Waals surface area contributed by atoms with E-state index < -0.39 is 5.97 Å². The summed E-state index contributed by atoms with van der Waals surface area (Å²) in [6.07, 6.45) is 0.865. The van der Waals surface area contributed by atoms with E-state index in [9.17, 15) is 9.59 Å². The highest BCUT2D eigenvalue weighted by molar-refractivity contribution is 5.95. The molecular formula is C15H21NO4. The number of hydrogen-bond acceptors (Lipinski definition) is 3. The van der Waals surface area contributed by atoms with Gasteiger partial charge in [0.25, 0.3) is 5.91 Å². The summed E-state index contributed by atoms with van der Waals surface area (Å²) >= 11 is 0. The Morgan fingerprint density at radius 3 is 2.30 bits per heavy atom. The Morgan fingerprint density at radius 1 is 1.30 bits per heavy atom.